The summed E-state index contributed by atoms with van der Waals surface area (Å²) >= 11 is 0. The summed E-state index contributed by atoms with van der Waals surface area (Å²) in [5, 5.41) is 0. The van der Waals surface area contributed by atoms with Crippen LogP contribution in [-0.2, 0) is 12.7 Å². The van der Waals surface area contributed by atoms with Gasteiger partial charge in [0, 0.05) is 50.1 Å². The molecule has 10 nitrogen and oxygen atoms in total. The molecule has 0 spiro atoms. The molecule has 0 unspecified atom stereocenters. The molecule has 196 valence electrons. The number of alkyl halides is 3. The first-order valence-electron chi connectivity index (χ1n) is 12.2. The van der Waals surface area contributed by atoms with Gasteiger partial charge < -0.3 is 25.8 Å². The van der Waals surface area contributed by atoms with Crippen LogP contribution in [0.2, 0.25) is 0 Å². The van der Waals surface area contributed by atoms with Crippen molar-refractivity contribution in [2.75, 3.05) is 43.4 Å². The zero-order chi connectivity index (χ0) is 26.2. The number of carbonyl (C=O) groups excluding carboxylic acids is 1. The average Bonchev–Trinajstić information content (AvgIpc) is 3.26. The normalized spacial score (nSPS) is 17.1. The van der Waals surface area contributed by atoms with Gasteiger partial charge in [-0.05, 0) is 44.5 Å². The maximum Gasteiger partial charge on any atom is 0.433 e. The predicted molar refractivity (Wildman–Crippen MR) is 131 cm³/mol. The van der Waals surface area contributed by atoms with Gasteiger partial charge in [-0.25, -0.2) is 15.0 Å². The van der Waals surface area contributed by atoms with E-state index in [0.717, 1.165) is 31.5 Å². The molecule has 3 aromatic heterocycles. The van der Waals surface area contributed by atoms with Gasteiger partial charge in [0.1, 0.15) is 35.0 Å². The van der Waals surface area contributed by atoms with Crippen LogP contribution in [0.4, 0.5) is 24.8 Å². The van der Waals surface area contributed by atoms with Crippen LogP contribution in [0.1, 0.15) is 47.1 Å². The van der Waals surface area contributed by atoms with E-state index in [9.17, 15) is 18.0 Å². The number of nitrogen functional groups attached to an aromatic ring is 1. The fraction of sp³-hybridized carbons (Fsp3) is 0.458. The lowest BCUT2D eigenvalue weighted by Gasteiger charge is -2.34. The number of hydrogen-bond donors (Lipinski definition) is 2. The SMILES string of the molecule is NC(=O)c1c(N)ncnc1N1CCC(c2nc(-c3ccnc(C(F)(F)F)c3)cn2CCN2CCC2)CC1. The molecule has 0 radical (unpaired) electrons. The molecular formula is C24H28F3N9O. The number of anilines is 2. The summed E-state index contributed by atoms with van der Waals surface area (Å²) in [6.07, 6.45) is 2.39. The maximum atomic E-state index is 13.2. The number of aromatic nitrogens is 5. The number of carbonyl (C=O) groups is 1. The molecule has 0 aliphatic carbocycles. The first-order valence-corrected chi connectivity index (χ1v) is 12.2. The Bertz CT molecular complexity index is 1280. The Morgan fingerprint density at radius 2 is 1.84 bits per heavy atom. The molecule has 1 amide bonds. The molecule has 13 heteroatoms. The van der Waals surface area contributed by atoms with Crippen molar-refractivity contribution in [1.29, 1.82) is 0 Å². The van der Waals surface area contributed by atoms with Gasteiger partial charge in [0.15, 0.2) is 0 Å². The molecule has 37 heavy (non-hydrogen) atoms. The van der Waals surface area contributed by atoms with E-state index in [1.54, 1.807) is 6.07 Å². The zero-order valence-electron chi connectivity index (χ0n) is 20.2. The Morgan fingerprint density at radius 3 is 2.49 bits per heavy atom. The number of rotatable bonds is 7. The van der Waals surface area contributed by atoms with Crippen molar-refractivity contribution in [3.8, 4) is 11.3 Å². The molecular weight excluding hydrogens is 487 g/mol. The van der Waals surface area contributed by atoms with Gasteiger partial charge in [-0.3, -0.25) is 9.78 Å². The summed E-state index contributed by atoms with van der Waals surface area (Å²) in [6, 6.07) is 2.59. The third-order valence-electron chi connectivity index (χ3n) is 7.02. The van der Waals surface area contributed by atoms with Crippen LogP contribution in [0.25, 0.3) is 11.3 Å². The van der Waals surface area contributed by atoms with E-state index in [2.05, 4.69) is 24.4 Å². The van der Waals surface area contributed by atoms with Crippen molar-refractivity contribution < 1.29 is 18.0 Å². The van der Waals surface area contributed by atoms with Crippen LogP contribution in [0, 0.1) is 0 Å². The van der Waals surface area contributed by atoms with Crippen molar-refractivity contribution >= 4 is 17.5 Å². The Morgan fingerprint density at radius 1 is 1.08 bits per heavy atom. The smallest absolute Gasteiger partial charge is 0.383 e. The quantitative estimate of drug-likeness (QED) is 0.491. The minimum absolute atomic E-state index is 0.0429. The molecule has 3 aromatic rings. The fourth-order valence-corrected chi connectivity index (χ4v) is 4.89. The maximum absolute atomic E-state index is 13.2. The molecule has 0 aromatic carbocycles. The highest BCUT2D eigenvalue weighted by atomic mass is 19.4. The fourth-order valence-electron chi connectivity index (χ4n) is 4.89. The topological polar surface area (TPSA) is 132 Å². The largest absolute Gasteiger partial charge is 0.433 e. The van der Waals surface area contributed by atoms with Crippen molar-refractivity contribution in [3.05, 3.63) is 47.9 Å². The van der Waals surface area contributed by atoms with Gasteiger partial charge in [-0.1, -0.05) is 0 Å². The number of piperidine rings is 1. The standard InChI is InChI=1S/C24H28F3N9O/c25-24(26,27)18-12-16(2-5-30-18)17-13-36(11-10-34-6-1-7-34)22(33-17)15-3-8-35(9-4-15)23-19(21(29)37)20(28)31-14-32-23/h2,5,12-15H,1,3-4,6-11H2,(H2,29,37)(H2,28,31,32). The predicted octanol–water partition coefficient (Wildman–Crippen LogP) is 2.52. The lowest BCUT2D eigenvalue weighted by Crippen LogP contribution is -2.39. The number of pyridine rings is 1. The van der Waals surface area contributed by atoms with Crippen molar-refractivity contribution in [2.45, 2.75) is 37.9 Å². The Balaban J connectivity index is 1.39. The van der Waals surface area contributed by atoms with E-state index in [1.807, 2.05) is 11.1 Å². The van der Waals surface area contributed by atoms with Gasteiger partial charge in [0.25, 0.3) is 5.91 Å². The van der Waals surface area contributed by atoms with Crippen LogP contribution in [0.15, 0.2) is 30.9 Å². The zero-order valence-corrected chi connectivity index (χ0v) is 20.2. The molecule has 4 N–H and O–H groups in total. The second-order valence-corrected chi connectivity index (χ2v) is 9.38. The van der Waals surface area contributed by atoms with E-state index in [-0.39, 0.29) is 17.3 Å². The number of likely N-dealkylation sites (tertiary alicyclic amines) is 1. The first kappa shape index (κ1) is 24.9. The number of nitrogens with two attached hydrogens (primary N) is 2. The van der Waals surface area contributed by atoms with Gasteiger partial charge >= 0.3 is 6.18 Å². The Labute approximate surface area is 211 Å². The highest BCUT2D eigenvalue weighted by molar-refractivity contribution is 6.01. The van der Waals surface area contributed by atoms with Crippen LogP contribution in [0.5, 0.6) is 0 Å². The van der Waals surface area contributed by atoms with E-state index in [1.165, 1.54) is 18.9 Å². The minimum atomic E-state index is -4.53. The molecule has 0 saturated carbocycles. The number of imidazole rings is 1. The summed E-state index contributed by atoms with van der Waals surface area (Å²) in [4.78, 5) is 32.6. The first-order chi connectivity index (χ1) is 17.7. The van der Waals surface area contributed by atoms with Gasteiger partial charge in [0.2, 0.25) is 0 Å². The summed E-state index contributed by atoms with van der Waals surface area (Å²) in [5.74, 6) is 0.703. The number of primary amides is 1. The third kappa shape index (κ3) is 5.22. The van der Waals surface area contributed by atoms with Crippen LogP contribution < -0.4 is 16.4 Å². The number of nitrogens with zero attached hydrogens (tertiary/aromatic N) is 7. The molecule has 5 rings (SSSR count). The average molecular weight is 516 g/mol. The highest BCUT2D eigenvalue weighted by Gasteiger charge is 2.33. The molecule has 2 fully saturated rings. The molecule has 2 aliphatic heterocycles. The third-order valence-corrected chi connectivity index (χ3v) is 7.02. The van der Waals surface area contributed by atoms with Gasteiger partial charge in [-0.2, -0.15) is 13.2 Å². The summed E-state index contributed by atoms with van der Waals surface area (Å²) < 4.78 is 41.8. The Hall–Kier alpha value is -3.74. The van der Waals surface area contributed by atoms with Crippen molar-refractivity contribution in [1.82, 2.24) is 29.4 Å². The van der Waals surface area contributed by atoms with Crippen LogP contribution in [0.3, 0.4) is 0 Å². The van der Waals surface area contributed by atoms with E-state index in [4.69, 9.17) is 16.5 Å². The van der Waals surface area contributed by atoms with E-state index in [0.29, 0.717) is 49.6 Å². The lowest BCUT2D eigenvalue weighted by molar-refractivity contribution is -0.141. The molecule has 0 bridgehead atoms. The number of halogens is 3. The number of amides is 1. The highest BCUT2D eigenvalue weighted by Crippen LogP contribution is 2.34. The Kier molecular flexibility index (Phi) is 6.71. The minimum Gasteiger partial charge on any atom is -0.383 e. The monoisotopic (exact) mass is 515 g/mol. The molecule has 2 aliphatic rings. The second-order valence-electron chi connectivity index (χ2n) is 9.38. The molecule has 0 atom stereocenters. The van der Waals surface area contributed by atoms with E-state index < -0.39 is 17.8 Å². The lowest BCUT2D eigenvalue weighted by atomic mass is 9.95. The van der Waals surface area contributed by atoms with Gasteiger partial charge in [-0.15, -0.1) is 0 Å². The summed E-state index contributed by atoms with van der Waals surface area (Å²) in [6.45, 7) is 4.84. The number of hydrogen-bond acceptors (Lipinski definition) is 8. The van der Waals surface area contributed by atoms with E-state index >= 15 is 0 Å². The van der Waals surface area contributed by atoms with Crippen LogP contribution in [-0.4, -0.2) is 68.0 Å². The molecule has 5 heterocycles. The van der Waals surface area contributed by atoms with Crippen LogP contribution >= 0.6 is 0 Å². The second kappa shape index (κ2) is 9.96. The molecule has 2 saturated heterocycles. The van der Waals surface area contributed by atoms with Crippen molar-refractivity contribution in [3.63, 3.8) is 0 Å². The van der Waals surface area contributed by atoms with Crippen molar-refractivity contribution in [2.24, 2.45) is 5.73 Å². The summed E-state index contributed by atoms with van der Waals surface area (Å²) in [7, 11) is 0. The van der Waals surface area contributed by atoms with Gasteiger partial charge in [0.05, 0.1) is 5.69 Å². The summed E-state index contributed by atoms with van der Waals surface area (Å²) in [5.41, 5.74) is 11.4.